The zero-order chi connectivity index (χ0) is 20.4. The molecule has 0 bridgehead atoms. The molecule has 1 amide bonds. The van der Waals surface area contributed by atoms with Crippen molar-refractivity contribution in [2.45, 2.75) is 26.1 Å². The van der Waals surface area contributed by atoms with Crippen LogP contribution in [-0.2, 0) is 21.0 Å². The SMILES string of the molecule is Cc1ccc(N([C@@H](C)C(=O)Nc2cccc(C(F)(F)F)c2)S(C)(=O)=O)cc1. The molecular weight excluding hydrogens is 381 g/mol. The third-order valence-electron chi connectivity index (χ3n) is 3.83. The summed E-state index contributed by atoms with van der Waals surface area (Å²) in [7, 11) is -3.81. The molecule has 0 unspecified atom stereocenters. The molecule has 0 heterocycles. The lowest BCUT2D eigenvalue weighted by atomic mass is 10.2. The summed E-state index contributed by atoms with van der Waals surface area (Å²) >= 11 is 0. The van der Waals surface area contributed by atoms with Gasteiger partial charge in [-0.15, -0.1) is 0 Å². The topological polar surface area (TPSA) is 66.5 Å². The van der Waals surface area contributed by atoms with Crippen LogP contribution in [0.2, 0.25) is 0 Å². The summed E-state index contributed by atoms with van der Waals surface area (Å²) in [5.74, 6) is -0.750. The van der Waals surface area contributed by atoms with Crippen LogP contribution in [0.25, 0.3) is 0 Å². The predicted molar refractivity (Wildman–Crippen MR) is 98.0 cm³/mol. The highest BCUT2D eigenvalue weighted by Gasteiger charge is 2.32. The first-order chi connectivity index (χ1) is 12.4. The van der Waals surface area contributed by atoms with Crippen LogP contribution in [0.4, 0.5) is 24.5 Å². The van der Waals surface area contributed by atoms with E-state index < -0.39 is 33.7 Å². The van der Waals surface area contributed by atoms with E-state index in [4.69, 9.17) is 0 Å². The number of hydrogen-bond acceptors (Lipinski definition) is 3. The van der Waals surface area contributed by atoms with Gasteiger partial charge in [0.25, 0.3) is 0 Å². The highest BCUT2D eigenvalue weighted by molar-refractivity contribution is 7.92. The van der Waals surface area contributed by atoms with Crippen LogP contribution in [0.3, 0.4) is 0 Å². The Kier molecular flexibility index (Phi) is 5.84. The van der Waals surface area contributed by atoms with Crippen molar-refractivity contribution in [2.75, 3.05) is 15.9 Å². The first-order valence-electron chi connectivity index (χ1n) is 7.94. The molecule has 0 aliphatic carbocycles. The monoisotopic (exact) mass is 400 g/mol. The number of alkyl halides is 3. The summed E-state index contributed by atoms with van der Waals surface area (Å²) in [6.45, 7) is 3.20. The van der Waals surface area contributed by atoms with Crippen LogP contribution < -0.4 is 9.62 Å². The molecule has 0 spiro atoms. The van der Waals surface area contributed by atoms with Crippen molar-refractivity contribution < 1.29 is 26.4 Å². The second-order valence-electron chi connectivity index (χ2n) is 6.14. The maximum atomic E-state index is 12.8. The molecular formula is C18H19F3N2O3S. The van der Waals surface area contributed by atoms with E-state index in [9.17, 15) is 26.4 Å². The molecule has 0 aliphatic rings. The Balaban J connectivity index is 2.29. The van der Waals surface area contributed by atoms with Gasteiger partial charge in [-0.05, 0) is 44.2 Å². The molecule has 0 radical (unpaired) electrons. The van der Waals surface area contributed by atoms with Gasteiger partial charge < -0.3 is 5.32 Å². The van der Waals surface area contributed by atoms with Crippen LogP contribution >= 0.6 is 0 Å². The van der Waals surface area contributed by atoms with E-state index in [-0.39, 0.29) is 11.4 Å². The molecule has 0 aliphatic heterocycles. The first-order valence-corrected chi connectivity index (χ1v) is 9.78. The van der Waals surface area contributed by atoms with E-state index >= 15 is 0 Å². The van der Waals surface area contributed by atoms with Gasteiger partial charge in [0.15, 0.2) is 0 Å². The van der Waals surface area contributed by atoms with Crippen LogP contribution in [0.1, 0.15) is 18.1 Å². The number of sulfonamides is 1. The van der Waals surface area contributed by atoms with Crippen molar-refractivity contribution in [3.8, 4) is 0 Å². The van der Waals surface area contributed by atoms with E-state index in [2.05, 4.69) is 5.32 Å². The molecule has 5 nitrogen and oxygen atoms in total. The average molecular weight is 400 g/mol. The van der Waals surface area contributed by atoms with Gasteiger partial charge >= 0.3 is 6.18 Å². The molecule has 0 fully saturated rings. The minimum atomic E-state index is -4.55. The largest absolute Gasteiger partial charge is 0.416 e. The number of hydrogen-bond donors (Lipinski definition) is 1. The van der Waals surface area contributed by atoms with E-state index in [1.807, 2.05) is 6.92 Å². The highest BCUT2D eigenvalue weighted by atomic mass is 32.2. The van der Waals surface area contributed by atoms with Gasteiger partial charge in [0.05, 0.1) is 17.5 Å². The van der Waals surface area contributed by atoms with Gasteiger partial charge in [0.1, 0.15) is 6.04 Å². The Hall–Kier alpha value is -2.55. The third kappa shape index (κ3) is 5.22. The summed E-state index contributed by atoms with van der Waals surface area (Å²) in [6, 6.07) is 9.49. The van der Waals surface area contributed by atoms with Gasteiger partial charge in [0, 0.05) is 5.69 Å². The zero-order valence-electron chi connectivity index (χ0n) is 14.9. The lowest BCUT2D eigenvalue weighted by Gasteiger charge is -2.28. The number of aryl methyl sites for hydroxylation is 1. The van der Waals surface area contributed by atoms with Crippen LogP contribution in [0.5, 0.6) is 0 Å². The number of benzene rings is 2. The average Bonchev–Trinajstić information content (AvgIpc) is 2.55. The summed E-state index contributed by atoms with van der Waals surface area (Å²) < 4.78 is 63.7. The van der Waals surface area contributed by atoms with Crippen LogP contribution in [-0.4, -0.2) is 26.6 Å². The summed E-state index contributed by atoms with van der Waals surface area (Å²) in [5, 5.41) is 2.34. The number of nitrogens with zero attached hydrogens (tertiary/aromatic N) is 1. The molecule has 27 heavy (non-hydrogen) atoms. The number of anilines is 2. The van der Waals surface area contributed by atoms with Gasteiger partial charge in [0.2, 0.25) is 15.9 Å². The number of nitrogens with one attached hydrogen (secondary N) is 1. The number of amides is 1. The molecule has 0 saturated heterocycles. The predicted octanol–water partition coefficient (Wildman–Crippen LogP) is 3.81. The lowest BCUT2D eigenvalue weighted by Crippen LogP contribution is -2.45. The molecule has 2 aromatic rings. The minimum Gasteiger partial charge on any atom is -0.324 e. The minimum absolute atomic E-state index is 0.0703. The van der Waals surface area contributed by atoms with Crippen LogP contribution in [0.15, 0.2) is 48.5 Å². The Morgan fingerprint density at radius 2 is 1.70 bits per heavy atom. The van der Waals surface area contributed by atoms with E-state index in [0.29, 0.717) is 0 Å². The standard InChI is InChI=1S/C18H19F3N2O3S/c1-12-7-9-16(10-8-12)23(27(3,25)26)13(2)17(24)22-15-6-4-5-14(11-15)18(19,20)21/h4-11,13H,1-3H3,(H,22,24)/t13-/m0/s1. The normalized spacial score (nSPS) is 13.1. The number of carbonyl (C=O) groups is 1. The molecule has 146 valence electrons. The quantitative estimate of drug-likeness (QED) is 0.830. The number of rotatable bonds is 5. The summed E-state index contributed by atoms with van der Waals surface area (Å²) in [4.78, 5) is 12.5. The van der Waals surface area contributed by atoms with Crippen molar-refractivity contribution in [3.05, 3.63) is 59.7 Å². The molecule has 2 aromatic carbocycles. The fourth-order valence-corrected chi connectivity index (χ4v) is 3.70. The summed E-state index contributed by atoms with van der Waals surface area (Å²) in [5.41, 5.74) is 0.216. The smallest absolute Gasteiger partial charge is 0.324 e. The molecule has 2 rings (SSSR count). The van der Waals surface area contributed by atoms with Crippen molar-refractivity contribution >= 4 is 27.3 Å². The number of halogens is 3. The van der Waals surface area contributed by atoms with Gasteiger partial charge in [-0.1, -0.05) is 23.8 Å². The Morgan fingerprint density at radius 3 is 2.22 bits per heavy atom. The Morgan fingerprint density at radius 1 is 1.11 bits per heavy atom. The maximum Gasteiger partial charge on any atom is 0.416 e. The van der Waals surface area contributed by atoms with E-state index in [1.54, 1.807) is 24.3 Å². The molecule has 0 saturated carbocycles. The Bertz CT molecular complexity index is 926. The lowest BCUT2D eigenvalue weighted by molar-refractivity contribution is -0.137. The fourth-order valence-electron chi connectivity index (χ4n) is 2.52. The van der Waals surface area contributed by atoms with Crippen molar-refractivity contribution in [2.24, 2.45) is 0 Å². The van der Waals surface area contributed by atoms with Gasteiger partial charge in [-0.25, -0.2) is 8.42 Å². The van der Waals surface area contributed by atoms with Crippen molar-refractivity contribution in [1.82, 2.24) is 0 Å². The molecule has 9 heteroatoms. The third-order valence-corrected chi connectivity index (χ3v) is 5.08. The second kappa shape index (κ2) is 7.59. The van der Waals surface area contributed by atoms with E-state index in [1.165, 1.54) is 13.0 Å². The van der Waals surface area contributed by atoms with Gasteiger partial charge in [-0.2, -0.15) is 13.2 Å². The van der Waals surface area contributed by atoms with Crippen molar-refractivity contribution in [1.29, 1.82) is 0 Å². The first kappa shape index (κ1) is 20.8. The van der Waals surface area contributed by atoms with E-state index in [0.717, 1.165) is 34.3 Å². The zero-order valence-corrected chi connectivity index (χ0v) is 15.7. The number of carbonyl (C=O) groups excluding carboxylic acids is 1. The Labute approximate surface area is 155 Å². The molecule has 1 atom stereocenters. The van der Waals surface area contributed by atoms with Gasteiger partial charge in [-0.3, -0.25) is 9.10 Å². The molecule has 1 N–H and O–H groups in total. The highest BCUT2D eigenvalue weighted by Crippen LogP contribution is 2.31. The molecule has 0 aromatic heterocycles. The van der Waals surface area contributed by atoms with Crippen molar-refractivity contribution in [3.63, 3.8) is 0 Å². The fraction of sp³-hybridized carbons (Fsp3) is 0.278. The summed E-state index contributed by atoms with van der Waals surface area (Å²) in [6.07, 6.45) is -3.59. The second-order valence-corrected chi connectivity index (χ2v) is 8.00. The maximum absolute atomic E-state index is 12.8. The van der Waals surface area contributed by atoms with Crippen LogP contribution in [0, 0.1) is 6.92 Å².